The first-order valence-electron chi connectivity index (χ1n) is 9.98. The van der Waals surface area contributed by atoms with Crippen LogP contribution in [0.4, 0.5) is 0 Å². The Morgan fingerprint density at radius 3 is 2.93 bits per heavy atom. The number of aryl methyl sites for hydroxylation is 2. The second-order valence-electron chi connectivity index (χ2n) is 7.75. The molecule has 1 aromatic carbocycles. The summed E-state index contributed by atoms with van der Waals surface area (Å²) >= 11 is 0. The van der Waals surface area contributed by atoms with Gasteiger partial charge in [0.1, 0.15) is 17.3 Å². The summed E-state index contributed by atoms with van der Waals surface area (Å²) in [7, 11) is 0. The minimum atomic E-state index is -0.140. The molecule has 0 saturated carbocycles. The molecule has 4 heterocycles. The number of ether oxygens (including phenoxy) is 2. The molecule has 0 bridgehead atoms. The minimum absolute atomic E-state index is 0.0931. The largest absolute Gasteiger partial charge is 0.493 e. The highest BCUT2D eigenvalue weighted by Crippen LogP contribution is 2.47. The van der Waals surface area contributed by atoms with Crippen molar-refractivity contribution in [3.63, 3.8) is 0 Å². The monoisotopic (exact) mass is 406 g/mol. The van der Waals surface area contributed by atoms with E-state index in [1.54, 1.807) is 25.3 Å². The molecule has 30 heavy (non-hydrogen) atoms. The van der Waals surface area contributed by atoms with Crippen LogP contribution in [0.3, 0.4) is 0 Å². The van der Waals surface area contributed by atoms with Crippen molar-refractivity contribution in [1.82, 2.24) is 20.0 Å². The fourth-order valence-electron chi connectivity index (χ4n) is 4.37. The van der Waals surface area contributed by atoms with E-state index >= 15 is 0 Å². The number of para-hydroxylation sites is 1. The van der Waals surface area contributed by atoms with Crippen LogP contribution >= 0.6 is 0 Å². The van der Waals surface area contributed by atoms with Crippen molar-refractivity contribution in [3.8, 4) is 11.6 Å². The number of rotatable bonds is 4. The van der Waals surface area contributed by atoms with E-state index in [1.807, 2.05) is 36.1 Å². The van der Waals surface area contributed by atoms with E-state index in [-0.39, 0.29) is 23.8 Å². The summed E-state index contributed by atoms with van der Waals surface area (Å²) in [5.74, 6) is 2.69. The summed E-state index contributed by atoms with van der Waals surface area (Å²) in [5.41, 5.74) is 1.34. The maximum Gasteiger partial charge on any atom is 0.276 e. The molecule has 8 nitrogen and oxygen atoms in total. The predicted octanol–water partition coefficient (Wildman–Crippen LogP) is 2.98. The number of hydrogen-bond donors (Lipinski definition) is 0. The summed E-state index contributed by atoms with van der Waals surface area (Å²) in [6.45, 7) is 5.11. The van der Waals surface area contributed by atoms with Crippen LogP contribution in [0.15, 0.2) is 47.1 Å². The number of carbonyl (C=O) groups is 1. The van der Waals surface area contributed by atoms with E-state index in [0.29, 0.717) is 42.9 Å². The van der Waals surface area contributed by atoms with Gasteiger partial charge in [-0.15, -0.1) is 0 Å². The molecule has 0 unspecified atom stereocenters. The molecule has 0 spiro atoms. The Labute approximate surface area is 173 Å². The van der Waals surface area contributed by atoms with Crippen LogP contribution in [0.25, 0.3) is 0 Å². The van der Waals surface area contributed by atoms with Crippen LogP contribution in [-0.4, -0.2) is 45.7 Å². The lowest BCUT2D eigenvalue weighted by Crippen LogP contribution is -2.35. The standard InChI is InChI=1S/C22H22N4O4/c1-13-9-18(25-30-13)22(27)26-10-15(11-29-20-7-8-23-14(2)24-20)17-12-28-19-6-4-3-5-16(19)21(17)26/h3-9,15,17,21H,10-12H2,1-2H3/t15-,17-,21-/m0/s1. The Morgan fingerprint density at radius 2 is 2.13 bits per heavy atom. The molecule has 0 N–H and O–H groups in total. The van der Waals surface area contributed by atoms with E-state index in [9.17, 15) is 4.79 Å². The van der Waals surface area contributed by atoms with Gasteiger partial charge >= 0.3 is 0 Å². The first-order valence-corrected chi connectivity index (χ1v) is 9.98. The number of fused-ring (bicyclic) bond motifs is 3. The summed E-state index contributed by atoms with van der Waals surface area (Å²) in [4.78, 5) is 23.6. The van der Waals surface area contributed by atoms with Gasteiger partial charge < -0.3 is 18.9 Å². The average molecular weight is 406 g/mol. The molecular formula is C22H22N4O4. The lowest BCUT2D eigenvalue weighted by atomic mass is 9.85. The van der Waals surface area contributed by atoms with Gasteiger partial charge in [0.15, 0.2) is 5.69 Å². The third kappa shape index (κ3) is 3.28. The molecule has 2 aliphatic rings. The first kappa shape index (κ1) is 18.6. The highest BCUT2D eigenvalue weighted by molar-refractivity contribution is 5.93. The zero-order chi connectivity index (χ0) is 20.7. The molecule has 1 amide bonds. The van der Waals surface area contributed by atoms with Gasteiger partial charge in [-0.1, -0.05) is 23.4 Å². The number of hydrogen-bond acceptors (Lipinski definition) is 7. The smallest absolute Gasteiger partial charge is 0.276 e. The quantitative estimate of drug-likeness (QED) is 0.658. The maximum absolute atomic E-state index is 13.3. The van der Waals surface area contributed by atoms with Gasteiger partial charge in [-0.2, -0.15) is 4.98 Å². The van der Waals surface area contributed by atoms with Crippen molar-refractivity contribution >= 4 is 5.91 Å². The highest BCUT2D eigenvalue weighted by Gasteiger charge is 2.48. The number of likely N-dealkylation sites (tertiary alicyclic amines) is 1. The summed E-state index contributed by atoms with van der Waals surface area (Å²) in [5, 5.41) is 3.94. The predicted molar refractivity (Wildman–Crippen MR) is 106 cm³/mol. The molecule has 154 valence electrons. The van der Waals surface area contributed by atoms with Crippen molar-refractivity contribution in [2.45, 2.75) is 19.9 Å². The molecule has 2 aliphatic heterocycles. The first-order chi connectivity index (χ1) is 14.6. The summed E-state index contributed by atoms with van der Waals surface area (Å²) in [6, 6.07) is 11.2. The normalized spacial score (nSPS) is 22.2. The average Bonchev–Trinajstić information content (AvgIpc) is 3.36. The molecule has 2 aromatic heterocycles. The van der Waals surface area contributed by atoms with Crippen LogP contribution in [0, 0.1) is 25.7 Å². The van der Waals surface area contributed by atoms with Crippen molar-refractivity contribution in [1.29, 1.82) is 0 Å². The van der Waals surface area contributed by atoms with Crippen LogP contribution in [0.5, 0.6) is 11.6 Å². The SMILES string of the molecule is Cc1nccc(OC[C@@H]2CN(C(=O)c3cc(C)on3)[C@H]3c4ccccc4OC[C@@H]23)n1. The van der Waals surface area contributed by atoms with Crippen molar-refractivity contribution < 1.29 is 18.8 Å². The fourth-order valence-corrected chi connectivity index (χ4v) is 4.37. The lowest BCUT2D eigenvalue weighted by Gasteiger charge is -2.34. The molecular weight excluding hydrogens is 384 g/mol. The van der Waals surface area contributed by atoms with Crippen LogP contribution in [0.2, 0.25) is 0 Å². The third-order valence-electron chi connectivity index (χ3n) is 5.75. The highest BCUT2D eigenvalue weighted by atomic mass is 16.5. The van der Waals surface area contributed by atoms with Crippen LogP contribution in [0.1, 0.15) is 33.7 Å². The van der Waals surface area contributed by atoms with Crippen LogP contribution in [-0.2, 0) is 0 Å². The Bertz CT molecular complexity index is 1080. The van der Waals surface area contributed by atoms with Crippen molar-refractivity contribution in [2.24, 2.45) is 11.8 Å². The van der Waals surface area contributed by atoms with Gasteiger partial charge in [0.2, 0.25) is 5.88 Å². The minimum Gasteiger partial charge on any atom is -0.493 e. The number of aromatic nitrogens is 3. The zero-order valence-corrected chi connectivity index (χ0v) is 16.8. The molecule has 5 rings (SSSR count). The second-order valence-corrected chi connectivity index (χ2v) is 7.75. The van der Waals surface area contributed by atoms with E-state index in [4.69, 9.17) is 14.0 Å². The Hall–Kier alpha value is -3.42. The third-order valence-corrected chi connectivity index (χ3v) is 5.75. The summed E-state index contributed by atoms with van der Waals surface area (Å²) in [6.07, 6.45) is 1.68. The number of benzene rings is 1. The Balaban J connectivity index is 1.44. The van der Waals surface area contributed by atoms with Gasteiger partial charge in [-0.3, -0.25) is 4.79 Å². The van der Waals surface area contributed by atoms with Crippen molar-refractivity contribution in [2.75, 3.05) is 19.8 Å². The molecule has 8 heteroatoms. The van der Waals surface area contributed by atoms with Gasteiger partial charge in [0.05, 0.1) is 19.3 Å². The number of carbonyl (C=O) groups excluding carboxylic acids is 1. The van der Waals surface area contributed by atoms with Gasteiger partial charge in [-0.05, 0) is 19.9 Å². The maximum atomic E-state index is 13.3. The van der Waals surface area contributed by atoms with Gasteiger partial charge in [0, 0.05) is 42.3 Å². The molecule has 1 fully saturated rings. The molecule has 1 saturated heterocycles. The Morgan fingerprint density at radius 1 is 1.27 bits per heavy atom. The second kappa shape index (κ2) is 7.44. The van der Waals surface area contributed by atoms with Gasteiger partial charge in [-0.25, -0.2) is 4.98 Å². The topological polar surface area (TPSA) is 90.6 Å². The van der Waals surface area contributed by atoms with Gasteiger partial charge in [0.25, 0.3) is 5.91 Å². The fraction of sp³-hybridized carbons (Fsp3) is 0.364. The van der Waals surface area contributed by atoms with E-state index in [1.165, 1.54) is 0 Å². The van der Waals surface area contributed by atoms with Crippen LogP contribution < -0.4 is 9.47 Å². The number of amides is 1. The lowest BCUT2D eigenvalue weighted by molar-refractivity contribution is 0.0664. The molecule has 0 aliphatic carbocycles. The Kier molecular flexibility index (Phi) is 4.61. The van der Waals surface area contributed by atoms with E-state index in [0.717, 1.165) is 11.3 Å². The van der Waals surface area contributed by atoms with Crippen molar-refractivity contribution in [3.05, 3.63) is 65.4 Å². The molecule has 3 atom stereocenters. The van der Waals surface area contributed by atoms with E-state index < -0.39 is 0 Å². The number of nitrogens with zero attached hydrogens (tertiary/aromatic N) is 4. The summed E-state index contributed by atoms with van der Waals surface area (Å²) < 4.78 is 17.1. The molecule has 0 radical (unpaired) electrons. The van der Waals surface area contributed by atoms with E-state index in [2.05, 4.69) is 15.1 Å². The zero-order valence-electron chi connectivity index (χ0n) is 16.8. The molecule has 3 aromatic rings.